The summed E-state index contributed by atoms with van der Waals surface area (Å²) in [5, 5.41) is 5.14. The second-order valence-corrected chi connectivity index (χ2v) is 6.96. The Kier molecular flexibility index (Phi) is 3.82. The molecule has 0 bridgehead atoms. The molecule has 1 aromatic heterocycles. The molecule has 2 atom stereocenters. The Hall–Kier alpha value is -2.25. The van der Waals surface area contributed by atoms with Gasteiger partial charge in [-0.25, -0.2) is 14.1 Å². The number of anilines is 1. The number of nitrogens with zero attached hydrogens (tertiary/aromatic N) is 2. The Morgan fingerprint density at radius 3 is 2.88 bits per heavy atom. The van der Waals surface area contributed by atoms with E-state index in [1.165, 1.54) is 18.2 Å². The van der Waals surface area contributed by atoms with Crippen LogP contribution in [0.5, 0.6) is 0 Å². The quantitative estimate of drug-likeness (QED) is 0.930. The maximum absolute atomic E-state index is 13.6. The Morgan fingerprint density at radius 2 is 2.12 bits per heavy atom. The first-order valence-corrected chi connectivity index (χ1v) is 8.69. The summed E-state index contributed by atoms with van der Waals surface area (Å²) in [4.78, 5) is 29.7. The zero-order valence-electron chi connectivity index (χ0n) is 12.8. The predicted molar refractivity (Wildman–Crippen MR) is 89.3 cm³/mol. The fraction of sp³-hybridized carbons (Fsp3) is 0.294. The molecule has 0 unspecified atom stereocenters. The van der Waals surface area contributed by atoms with Gasteiger partial charge >= 0.3 is 6.03 Å². The lowest BCUT2D eigenvalue weighted by Crippen LogP contribution is -2.64. The van der Waals surface area contributed by atoms with E-state index in [9.17, 15) is 14.0 Å². The van der Waals surface area contributed by atoms with E-state index in [4.69, 9.17) is 0 Å². The fourth-order valence-corrected chi connectivity index (χ4v) is 4.09. The second-order valence-electron chi connectivity index (χ2n) is 5.93. The van der Waals surface area contributed by atoms with Crippen LogP contribution in [0, 0.1) is 5.82 Å². The Morgan fingerprint density at radius 1 is 1.25 bits per heavy atom. The third-order valence-electron chi connectivity index (χ3n) is 4.49. The Labute approximate surface area is 142 Å². The molecule has 124 valence electrons. The second kappa shape index (κ2) is 5.99. The van der Waals surface area contributed by atoms with Crippen LogP contribution in [0.3, 0.4) is 0 Å². The third-order valence-corrected chi connectivity index (χ3v) is 5.35. The molecule has 2 aliphatic rings. The third kappa shape index (κ3) is 2.50. The van der Waals surface area contributed by atoms with Crippen molar-refractivity contribution in [3.8, 4) is 0 Å². The van der Waals surface area contributed by atoms with E-state index in [-0.39, 0.29) is 23.7 Å². The van der Waals surface area contributed by atoms with E-state index in [0.29, 0.717) is 13.1 Å². The fourth-order valence-electron chi connectivity index (χ4n) is 3.39. The van der Waals surface area contributed by atoms with E-state index in [0.717, 1.165) is 16.2 Å². The maximum Gasteiger partial charge on any atom is 0.332 e. The highest BCUT2D eigenvalue weighted by Crippen LogP contribution is 2.30. The molecular formula is C17H16FN3O2S. The molecule has 0 radical (unpaired) electrons. The van der Waals surface area contributed by atoms with Gasteiger partial charge in [0.05, 0.1) is 18.3 Å². The number of amides is 3. The van der Waals surface area contributed by atoms with Crippen LogP contribution in [-0.4, -0.2) is 35.5 Å². The van der Waals surface area contributed by atoms with Crippen LogP contribution in [0.1, 0.15) is 11.3 Å². The number of rotatable bonds is 3. The normalized spacial score (nSPS) is 23.7. The molecule has 0 saturated carbocycles. The first-order valence-electron chi connectivity index (χ1n) is 7.81. The molecular weight excluding hydrogens is 329 g/mol. The van der Waals surface area contributed by atoms with Gasteiger partial charge in [0.2, 0.25) is 0 Å². The molecule has 2 fully saturated rings. The van der Waals surface area contributed by atoms with Crippen LogP contribution in [0.4, 0.5) is 14.9 Å². The lowest BCUT2D eigenvalue weighted by atomic mass is 10.0. The highest BCUT2D eigenvalue weighted by Gasteiger charge is 2.49. The van der Waals surface area contributed by atoms with E-state index >= 15 is 0 Å². The average Bonchev–Trinajstić information content (AvgIpc) is 3.23. The molecule has 4 rings (SSSR count). The molecule has 3 amide bonds. The molecule has 7 heteroatoms. The number of benzene rings is 1. The topological polar surface area (TPSA) is 52.7 Å². The van der Waals surface area contributed by atoms with Crippen molar-refractivity contribution < 1.29 is 14.0 Å². The van der Waals surface area contributed by atoms with Crippen LogP contribution in [0.25, 0.3) is 0 Å². The highest BCUT2D eigenvalue weighted by molar-refractivity contribution is 7.09. The summed E-state index contributed by atoms with van der Waals surface area (Å²) in [5.41, 5.74) is 0.272. The van der Waals surface area contributed by atoms with Crippen molar-refractivity contribution in [3.63, 3.8) is 0 Å². The van der Waals surface area contributed by atoms with Crippen LogP contribution in [0.15, 0.2) is 41.8 Å². The minimum atomic E-state index is -0.473. The van der Waals surface area contributed by atoms with E-state index < -0.39 is 11.9 Å². The van der Waals surface area contributed by atoms with Crippen molar-refractivity contribution in [2.24, 2.45) is 0 Å². The number of fused-ring (bicyclic) bond motifs is 1. The van der Waals surface area contributed by atoms with Gasteiger partial charge in [-0.3, -0.25) is 4.79 Å². The zero-order valence-corrected chi connectivity index (χ0v) is 13.6. The summed E-state index contributed by atoms with van der Waals surface area (Å²) in [7, 11) is 0. The summed E-state index contributed by atoms with van der Waals surface area (Å²) < 4.78 is 13.6. The monoisotopic (exact) mass is 345 g/mol. The van der Waals surface area contributed by atoms with Gasteiger partial charge in [0.25, 0.3) is 5.91 Å². The molecule has 0 aliphatic carbocycles. The number of hydrogen-bond acceptors (Lipinski definition) is 4. The molecule has 2 saturated heterocycles. The van der Waals surface area contributed by atoms with Gasteiger partial charge in [0.15, 0.2) is 0 Å². The highest BCUT2D eigenvalue weighted by atomic mass is 32.1. The van der Waals surface area contributed by atoms with Gasteiger partial charge in [-0.15, -0.1) is 11.3 Å². The van der Waals surface area contributed by atoms with Crippen molar-refractivity contribution >= 4 is 29.0 Å². The van der Waals surface area contributed by atoms with Crippen LogP contribution in [-0.2, 0) is 11.3 Å². The van der Waals surface area contributed by atoms with Gasteiger partial charge in [0.1, 0.15) is 11.9 Å². The van der Waals surface area contributed by atoms with Crippen molar-refractivity contribution in [3.05, 3.63) is 52.5 Å². The number of hydrogen-bond donors (Lipinski definition) is 1. The van der Waals surface area contributed by atoms with Crippen LogP contribution >= 0.6 is 11.3 Å². The maximum atomic E-state index is 13.6. The van der Waals surface area contributed by atoms with Gasteiger partial charge in [-0.2, -0.15) is 0 Å². The van der Waals surface area contributed by atoms with E-state index in [1.807, 2.05) is 17.5 Å². The predicted octanol–water partition coefficient (Wildman–Crippen LogP) is 2.59. The van der Waals surface area contributed by atoms with Crippen molar-refractivity contribution in [1.29, 1.82) is 0 Å². The molecule has 2 aliphatic heterocycles. The minimum Gasteiger partial charge on any atom is -0.314 e. The first-order chi connectivity index (χ1) is 11.6. The zero-order chi connectivity index (χ0) is 16.7. The molecule has 0 spiro atoms. The van der Waals surface area contributed by atoms with Crippen molar-refractivity contribution in [2.45, 2.75) is 25.0 Å². The summed E-state index contributed by atoms with van der Waals surface area (Å²) in [6.07, 6.45) is 0.741. The minimum absolute atomic E-state index is 0.156. The number of halogens is 1. The summed E-state index contributed by atoms with van der Waals surface area (Å²) in [6, 6.07) is 8.52. The van der Waals surface area contributed by atoms with Crippen LogP contribution in [0.2, 0.25) is 0 Å². The summed E-state index contributed by atoms with van der Waals surface area (Å²) in [6.45, 7) is 1.14. The number of urea groups is 1. The van der Waals surface area contributed by atoms with Gasteiger partial charge < -0.3 is 10.2 Å². The van der Waals surface area contributed by atoms with Gasteiger partial charge in [0, 0.05) is 4.88 Å². The number of nitrogens with one attached hydrogen (secondary N) is 1. The van der Waals surface area contributed by atoms with Gasteiger partial charge in [-0.05, 0) is 42.6 Å². The molecule has 5 nitrogen and oxygen atoms in total. The molecule has 3 heterocycles. The van der Waals surface area contributed by atoms with Crippen molar-refractivity contribution in [1.82, 2.24) is 10.2 Å². The molecule has 1 N–H and O–H groups in total. The molecule has 2 aromatic rings. The smallest absolute Gasteiger partial charge is 0.314 e. The number of imide groups is 1. The molecule has 1 aromatic carbocycles. The van der Waals surface area contributed by atoms with E-state index in [2.05, 4.69) is 5.32 Å². The first kappa shape index (κ1) is 15.3. The van der Waals surface area contributed by atoms with Crippen molar-refractivity contribution in [2.75, 3.05) is 11.4 Å². The standard InChI is InChI=1S/C17H16FN3O2S/c18-11-3-1-4-12(9-11)21-16(22)15-14(6-7-19-15)20(17(21)23)10-13-5-2-8-24-13/h1-5,8-9,14-15,19H,6-7,10H2/t14-,15-/m1/s1. The average molecular weight is 345 g/mol. The van der Waals surface area contributed by atoms with E-state index in [1.54, 1.807) is 22.3 Å². The number of carbonyl (C=O) groups excluding carboxylic acids is 2. The summed E-state index contributed by atoms with van der Waals surface area (Å²) >= 11 is 1.58. The van der Waals surface area contributed by atoms with Crippen LogP contribution < -0.4 is 10.2 Å². The van der Waals surface area contributed by atoms with Gasteiger partial charge in [-0.1, -0.05) is 12.1 Å². The lowest BCUT2D eigenvalue weighted by Gasteiger charge is -2.41. The SMILES string of the molecule is O=C1[C@@H]2NCC[C@H]2N(Cc2cccs2)C(=O)N1c1cccc(F)c1. The largest absolute Gasteiger partial charge is 0.332 e. The Bertz CT molecular complexity index is 780. The number of thiophene rings is 1. The molecule has 24 heavy (non-hydrogen) atoms. The lowest BCUT2D eigenvalue weighted by molar-refractivity contribution is -0.122. The Balaban J connectivity index is 1.71. The number of carbonyl (C=O) groups is 2. The summed E-state index contributed by atoms with van der Waals surface area (Å²) in [5.74, 6) is -0.782.